The smallest absolute Gasteiger partial charge is 0.242 e. The van der Waals surface area contributed by atoms with Gasteiger partial charge in [-0.15, -0.1) is 0 Å². The largest absolute Gasteiger partial charge is 0.472 e. The van der Waals surface area contributed by atoms with Gasteiger partial charge in [-0.05, 0) is 38.8 Å². The predicted molar refractivity (Wildman–Crippen MR) is 101 cm³/mol. The first-order chi connectivity index (χ1) is 13.1. The Morgan fingerprint density at radius 2 is 2.11 bits per heavy atom. The van der Waals surface area contributed by atoms with Gasteiger partial charge in [-0.2, -0.15) is 4.98 Å². The number of aryl methyl sites for hydroxylation is 2. The molecule has 7 heteroatoms. The summed E-state index contributed by atoms with van der Waals surface area (Å²) in [7, 11) is 0. The number of carbonyl (C=O) groups is 1. The highest BCUT2D eigenvalue weighted by atomic mass is 16.5. The molecule has 1 atom stereocenters. The average Bonchev–Trinajstić information content (AvgIpc) is 3.04. The highest BCUT2D eigenvalue weighted by molar-refractivity contribution is 5.80. The molecule has 0 bridgehead atoms. The topological polar surface area (TPSA) is 73.1 Å². The second-order valence-electron chi connectivity index (χ2n) is 6.98. The zero-order chi connectivity index (χ0) is 18.8. The minimum absolute atomic E-state index is 0.0454. The maximum absolute atomic E-state index is 12.8. The van der Waals surface area contributed by atoms with Crippen LogP contribution < -0.4 is 4.74 Å². The van der Waals surface area contributed by atoms with Crippen molar-refractivity contribution in [1.29, 1.82) is 0 Å². The van der Waals surface area contributed by atoms with Crippen molar-refractivity contribution in [2.24, 2.45) is 0 Å². The minimum Gasteiger partial charge on any atom is -0.472 e. The van der Waals surface area contributed by atoms with Crippen molar-refractivity contribution in [2.45, 2.75) is 39.3 Å². The molecule has 1 saturated heterocycles. The number of amides is 1. The average molecular weight is 365 g/mol. The molecular formula is C20H23N5O2. The zero-order valence-corrected chi connectivity index (χ0v) is 15.6. The molecule has 27 heavy (non-hydrogen) atoms. The first-order valence-electron chi connectivity index (χ1n) is 9.25. The lowest BCUT2D eigenvalue weighted by Crippen LogP contribution is -2.45. The summed E-state index contributed by atoms with van der Waals surface area (Å²) < 4.78 is 7.94. The van der Waals surface area contributed by atoms with E-state index in [9.17, 15) is 4.79 Å². The second-order valence-corrected chi connectivity index (χ2v) is 6.98. The van der Waals surface area contributed by atoms with Crippen LogP contribution >= 0.6 is 0 Å². The molecule has 1 amide bonds. The van der Waals surface area contributed by atoms with Gasteiger partial charge in [0.15, 0.2) is 0 Å². The summed E-state index contributed by atoms with van der Waals surface area (Å²) in [5.74, 6) is 1.36. The van der Waals surface area contributed by atoms with Crippen LogP contribution in [0.25, 0.3) is 11.0 Å². The number of piperidine rings is 1. The first kappa shape index (κ1) is 17.5. The molecule has 4 rings (SSSR count). The van der Waals surface area contributed by atoms with Gasteiger partial charge in [0.05, 0.1) is 23.9 Å². The zero-order valence-electron chi connectivity index (χ0n) is 15.6. The Balaban J connectivity index is 1.42. The lowest BCUT2D eigenvalue weighted by Gasteiger charge is -2.32. The minimum atomic E-state index is -0.0454. The fraction of sp³-hybridized carbons (Fsp3) is 0.400. The number of likely N-dealkylation sites (tertiary alicyclic amines) is 1. The summed E-state index contributed by atoms with van der Waals surface area (Å²) in [6.45, 7) is 5.40. The monoisotopic (exact) mass is 365 g/mol. The molecule has 0 radical (unpaired) electrons. The normalized spacial score (nSPS) is 17.3. The number of rotatable bonds is 4. The van der Waals surface area contributed by atoms with Crippen LogP contribution in [0.4, 0.5) is 0 Å². The number of carbonyl (C=O) groups excluding carboxylic acids is 1. The molecule has 0 aliphatic carbocycles. The highest BCUT2D eigenvalue weighted by Crippen LogP contribution is 2.19. The number of fused-ring (bicyclic) bond motifs is 1. The van der Waals surface area contributed by atoms with Crippen LogP contribution in [0.3, 0.4) is 0 Å². The van der Waals surface area contributed by atoms with Crippen molar-refractivity contribution in [2.75, 3.05) is 13.1 Å². The molecule has 140 valence electrons. The van der Waals surface area contributed by atoms with Gasteiger partial charge < -0.3 is 14.2 Å². The number of imidazole rings is 1. The van der Waals surface area contributed by atoms with Crippen molar-refractivity contribution in [3.63, 3.8) is 0 Å². The quantitative estimate of drug-likeness (QED) is 0.710. The third-order valence-electron chi connectivity index (χ3n) is 4.79. The third-order valence-corrected chi connectivity index (χ3v) is 4.79. The van der Waals surface area contributed by atoms with Gasteiger partial charge in [0.25, 0.3) is 0 Å². The van der Waals surface area contributed by atoms with Crippen LogP contribution in [0, 0.1) is 13.8 Å². The Morgan fingerprint density at radius 1 is 1.26 bits per heavy atom. The molecule has 1 aliphatic heterocycles. The van der Waals surface area contributed by atoms with Gasteiger partial charge in [-0.25, -0.2) is 9.97 Å². The molecule has 0 spiro atoms. The number of para-hydroxylation sites is 2. The molecular weight excluding hydrogens is 342 g/mol. The molecule has 2 aromatic heterocycles. The van der Waals surface area contributed by atoms with Crippen molar-refractivity contribution in [1.82, 2.24) is 24.4 Å². The number of hydrogen-bond acceptors (Lipinski definition) is 5. The van der Waals surface area contributed by atoms with E-state index < -0.39 is 0 Å². The van der Waals surface area contributed by atoms with E-state index >= 15 is 0 Å². The van der Waals surface area contributed by atoms with Crippen molar-refractivity contribution in [3.8, 4) is 5.88 Å². The van der Waals surface area contributed by atoms with Gasteiger partial charge in [0, 0.05) is 18.3 Å². The van der Waals surface area contributed by atoms with Gasteiger partial charge in [0.1, 0.15) is 18.5 Å². The van der Waals surface area contributed by atoms with E-state index in [0.717, 1.165) is 36.1 Å². The molecule has 1 aromatic carbocycles. The van der Waals surface area contributed by atoms with Crippen molar-refractivity contribution >= 4 is 16.9 Å². The Kier molecular flexibility index (Phi) is 4.75. The summed E-state index contributed by atoms with van der Waals surface area (Å²) >= 11 is 0. The Morgan fingerprint density at radius 3 is 2.96 bits per heavy atom. The Labute approximate surface area is 158 Å². The number of ether oxygens (including phenoxy) is 1. The first-order valence-corrected chi connectivity index (χ1v) is 9.25. The van der Waals surface area contributed by atoms with E-state index in [-0.39, 0.29) is 12.0 Å². The Hall–Kier alpha value is -2.96. The number of aromatic nitrogens is 4. The molecule has 0 saturated carbocycles. The number of benzene rings is 1. The van der Waals surface area contributed by atoms with Gasteiger partial charge >= 0.3 is 0 Å². The maximum atomic E-state index is 12.8. The molecule has 7 nitrogen and oxygen atoms in total. The van der Waals surface area contributed by atoms with E-state index in [1.165, 1.54) is 0 Å². The van der Waals surface area contributed by atoms with E-state index in [1.807, 2.05) is 53.6 Å². The van der Waals surface area contributed by atoms with Gasteiger partial charge in [0.2, 0.25) is 11.8 Å². The van der Waals surface area contributed by atoms with Gasteiger partial charge in [-0.1, -0.05) is 12.1 Å². The maximum Gasteiger partial charge on any atom is 0.242 e. The molecule has 0 N–H and O–H groups in total. The van der Waals surface area contributed by atoms with Crippen molar-refractivity contribution in [3.05, 3.63) is 48.2 Å². The number of hydrogen-bond donors (Lipinski definition) is 0. The fourth-order valence-electron chi connectivity index (χ4n) is 3.56. The van der Waals surface area contributed by atoms with Crippen LogP contribution in [0.5, 0.6) is 5.88 Å². The van der Waals surface area contributed by atoms with E-state index in [2.05, 4.69) is 15.0 Å². The summed E-state index contributed by atoms with van der Waals surface area (Å²) in [6, 6.07) is 9.68. The lowest BCUT2D eigenvalue weighted by atomic mass is 10.1. The summed E-state index contributed by atoms with van der Waals surface area (Å²) in [4.78, 5) is 27.7. The van der Waals surface area contributed by atoms with E-state index in [4.69, 9.17) is 4.74 Å². The molecule has 3 heterocycles. The second kappa shape index (κ2) is 7.34. The van der Waals surface area contributed by atoms with Crippen molar-refractivity contribution < 1.29 is 9.53 Å². The molecule has 1 fully saturated rings. The van der Waals surface area contributed by atoms with Crippen LogP contribution in [-0.4, -0.2) is 49.5 Å². The Bertz CT molecular complexity index is 948. The molecule has 3 aromatic rings. The van der Waals surface area contributed by atoms with Crippen LogP contribution in [-0.2, 0) is 11.3 Å². The predicted octanol–water partition coefficient (Wildman–Crippen LogP) is 2.51. The van der Waals surface area contributed by atoms with E-state index in [1.54, 1.807) is 6.33 Å². The van der Waals surface area contributed by atoms with Crippen LogP contribution in [0.15, 0.2) is 36.7 Å². The SMILES string of the molecule is Cc1cc(OC2CCCN(C(=O)Cn3cnc4ccccc43)C2)nc(C)n1. The van der Waals surface area contributed by atoms with Gasteiger partial charge in [-0.3, -0.25) is 4.79 Å². The van der Waals surface area contributed by atoms with Crippen LogP contribution in [0.2, 0.25) is 0 Å². The molecule has 1 aliphatic rings. The summed E-state index contributed by atoms with van der Waals surface area (Å²) in [6.07, 6.45) is 3.52. The summed E-state index contributed by atoms with van der Waals surface area (Å²) in [5.41, 5.74) is 2.76. The summed E-state index contributed by atoms with van der Waals surface area (Å²) in [5, 5.41) is 0. The fourth-order valence-corrected chi connectivity index (χ4v) is 3.56. The van der Waals surface area contributed by atoms with E-state index in [0.29, 0.717) is 24.8 Å². The van der Waals surface area contributed by atoms with Crippen LogP contribution in [0.1, 0.15) is 24.4 Å². The third kappa shape index (κ3) is 3.92. The standard InChI is InChI=1S/C20H23N5O2/c1-14-10-19(23-15(2)22-14)27-16-6-5-9-24(11-16)20(26)12-25-13-21-17-7-3-4-8-18(17)25/h3-4,7-8,10,13,16H,5-6,9,11-12H2,1-2H3. The number of nitrogens with zero attached hydrogens (tertiary/aromatic N) is 5. The molecule has 1 unspecified atom stereocenters. The lowest BCUT2D eigenvalue weighted by molar-refractivity contribution is -0.134. The highest BCUT2D eigenvalue weighted by Gasteiger charge is 2.25.